The Morgan fingerprint density at radius 1 is 1.21 bits per heavy atom. The van der Waals surface area contributed by atoms with E-state index in [2.05, 4.69) is 0 Å². The van der Waals surface area contributed by atoms with Crippen molar-refractivity contribution in [2.75, 3.05) is 5.75 Å². The second kappa shape index (κ2) is 5.27. The maximum atomic E-state index is 12.4. The molecule has 4 heteroatoms. The maximum absolute atomic E-state index is 12.4. The van der Waals surface area contributed by atoms with Crippen molar-refractivity contribution in [1.82, 2.24) is 0 Å². The first kappa shape index (κ1) is 12.6. The van der Waals surface area contributed by atoms with Gasteiger partial charge in [0.05, 0.1) is 0 Å². The fraction of sp³-hybridized carbons (Fsp3) is 0.133. The van der Waals surface area contributed by atoms with E-state index in [9.17, 15) is 4.79 Å². The highest BCUT2D eigenvalue weighted by Crippen LogP contribution is 2.35. The number of ketones is 1. The van der Waals surface area contributed by atoms with Crippen LogP contribution in [0.5, 0.6) is 5.75 Å². The van der Waals surface area contributed by atoms with E-state index in [4.69, 9.17) is 16.3 Å². The minimum atomic E-state index is -0.446. The molecule has 2 aromatic rings. The smallest absolute Gasteiger partial charge is 0.204 e. The largest absolute Gasteiger partial charge is 0.480 e. The molecule has 0 saturated heterocycles. The van der Waals surface area contributed by atoms with E-state index in [1.54, 1.807) is 36.0 Å². The summed E-state index contributed by atoms with van der Waals surface area (Å²) >= 11 is 7.56. The molecule has 96 valence electrons. The summed E-state index contributed by atoms with van der Waals surface area (Å²) in [5, 5.41) is 0.565. The van der Waals surface area contributed by atoms with Crippen molar-refractivity contribution in [3.63, 3.8) is 0 Å². The Balaban J connectivity index is 1.83. The van der Waals surface area contributed by atoms with Gasteiger partial charge in [0.1, 0.15) is 5.75 Å². The Morgan fingerprint density at radius 2 is 2.05 bits per heavy atom. The van der Waals surface area contributed by atoms with Crippen molar-refractivity contribution in [2.24, 2.45) is 0 Å². The average Bonchev–Trinajstić information content (AvgIpc) is 2.46. The standard InChI is InChI=1S/C15H11ClO2S/c16-11-5-3-4-10(8-11)15(17)13-9-19-14-7-2-1-6-12(14)18-13/h1-8,13H,9H2. The zero-order chi connectivity index (χ0) is 13.2. The Labute approximate surface area is 120 Å². The number of Topliss-reactive ketones (excluding diaryl/α,β-unsaturated/α-hetero) is 1. The van der Waals surface area contributed by atoms with Gasteiger partial charge in [-0.3, -0.25) is 4.79 Å². The molecule has 0 fully saturated rings. The number of benzene rings is 2. The van der Waals surface area contributed by atoms with Gasteiger partial charge in [-0.25, -0.2) is 0 Å². The predicted molar refractivity (Wildman–Crippen MR) is 77.4 cm³/mol. The van der Waals surface area contributed by atoms with Crippen LogP contribution in [0.25, 0.3) is 0 Å². The summed E-state index contributed by atoms with van der Waals surface area (Å²) in [6, 6.07) is 14.7. The average molecular weight is 291 g/mol. The third-order valence-corrected chi connectivity index (χ3v) is 4.26. The Hall–Kier alpha value is -1.45. The summed E-state index contributed by atoms with van der Waals surface area (Å²) in [6.07, 6.45) is -0.446. The van der Waals surface area contributed by atoms with Crippen LogP contribution in [0.4, 0.5) is 0 Å². The minimum Gasteiger partial charge on any atom is -0.480 e. The van der Waals surface area contributed by atoms with Gasteiger partial charge in [0.2, 0.25) is 5.78 Å². The Kier molecular flexibility index (Phi) is 3.49. The van der Waals surface area contributed by atoms with Crippen LogP contribution in [0.15, 0.2) is 53.4 Å². The highest BCUT2D eigenvalue weighted by molar-refractivity contribution is 7.99. The third kappa shape index (κ3) is 2.62. The summed E-state index contributed by atoms with van der Waals surface area (Å²) in [6.45, 7) is 0. The van der Waals surface area contributed by atoms with Crippen LogP contribution in [-0.2, 0) is 0 Å². The van der Waals surface area contributed by atoms with Gasteiger partial charge in [0.25, 0.3) is 0 Å². The molecule has 3 rings (SSSR count). The van der Waals surface area contributed by atoms with E-state index < -0.39 is 6.10 Å². The van der Waals surface area contributed by atoms with Gasteiger partial charge in [0, 0.05) is 21.2 Å². The fourth-order valence-electron chi connectivity index (χ4n) is 1.98. The van der Waals surface area contributed by atoms with Gasteiger partial charge in [-0.1, -0.05) is 35.9 Å². The summed E-state index contributed by atoms with van der Waals surface area (Å²) in [5.74, 6) is 1.38. The number of hydrogen-bond donors (Lipinski definition) is 0. The number of fused-ring (bicyclic) bond motifs is 1. The molecule has 0 N–H and O–H groups in total. The molecular weight excluding hydrogens is 280 g/mol. The number of carbonyl (C=O) groups is 1. The fourth-order valence-corrected chi connectivity index (χ4v) is 3.15. The monoisotopic (exact) mass is 290 g/mol. The molecule has 0 aromatic heterocycles. The van der Waals surface area contributed by atoms with E-state index >= 15 is 0 Å². The van der Waals surface area contributed by atoms with Gasteiger partial charge in [-0.2, -0.15) is 0 Å². The van der Waals surface area contributed by atoms with Gasteiger partial charge < -0.3 is 4.74 Å². The summed E-state index contributed by atoms with van der Waals surface area (Å²) in [4.78, 5) is 13.4. The van der Waals surface area contributed by atoms with Crippen LogP contribution in [-0.4, -0.2) is 17.6 Å². The number of rotatable bonds is 2. The lowest BCUT2D eigenvalue weighted by Crippen LogP contribution is -2.32. The summed E-state index contributed by atoms with van der Waals surface area (Å²) in [5.41, 5.74) is 0.595. The molecule has 0 radical (unpaired) electrons. The van der Waals surface area contributed by atoms with Crippen LogP contribution in [0.2, 0.25) is 5.02 Å². The number of thioether (sulfide) groups is 1. The van der Waals surface area contributed by atoms with Crippen LogP contribution in [0, 0.1) is 0 Å². The van der Waals surface area contributed by atoms with E-state index in [1.807, 2.05) is 24.3 Å². The molecule has 19 heavy (non-hydrogen) atoms. The van der Waals surface area contributed by atoms with Crippen LogP contribution < -0.4 is 4.74 Å². The van der Waals surface area contributed by atoms with E-state index in [1.165, 1.54) is 0 Å². The van der Waals surface area contributed by atoms with Crippen LogP contribution in [0.1, 0.15) is 10.4 Å². The highest BCUT2D eigenvalue weighted by atomic mass is 35.5. The molecule has 1 heterocycles. The molecule has 0 bridgehead atoms. The Bertz CT molecular complexity index is 627. The normalized spacial score (nSPS) is 17.4. The molecule has 0 aliphatic carbocycles. The molecule has 0 saturated carbocycles. The zero-order valence-corrected chi connectivity index (χ0v) is 11.6. The highest BCUT2D eigenvalue weighted by Gasteiger charge is 2.27. The van der Waals surface area contributed by atoms with Crippen molar-refractivity contribution in [1.29, 1.82) is 0 Å². The molecular formula is C15H11ClO2S. The minimum absolute atomic E-state index is 0.0236. The third-order valence-electron chi connectivity index (χ3n) is 2.91. The predicted octanol–water partition coefficient (Wildman–Crippen LogP) is 4.08. The lowest BCUT2D eigenvalue weighted by molar-refractivity contribution is 0.0815. The number of halogens is 1. The molecule has 2 aromatic carbocycles. The topological polar surface area (TPSA) is 26.3 Å². The molecule has 0 spiro atoms. The number of para-hydroxylation sites is 1. The molecule has 1 atom stereocenters. The van der Waals surface area contributed by atoms with E-state index in [-0.39, 0.29) is 5.78 Å². The van der Waals surface area contributed by atoms with Gasteiger partial charge in [-0.15, -0.1) is 11.8 Å². The number of carbonyl (C=O) groups excluding carboxylic acids is 1. The molecule has 2 nitrogen and oxygen atoms in total. The molecule has 0 amide bonds. The van der Waals surface area contributed by atoms with Crippen molar-refractivity contribution in [3.05, 3.63) is 59.1 Å². The first-order chi connectivity index (χ1) is 9.24. The zero-order valence-electron chi connectivity index (χ0n) is 10.0. The second-order valence-corrected chi connectivity index (χ2v) is 5.74. The second-order valence-electron chi connectivity index (χ2n) is 4.24. The van der Waals surface area contributed by atoms with E-state index in [0.717, 1.165) is 10.6 Å². The molecule has 1 aliphatic heterocycles. The number of ether oxygens (including phenoxy) is 1. The van der Waals surface area contributed by atoms with Gasteiger partial charge in [0.15, 0.2) is 6.10 Å². The SMILES string of the molecule is O=C(c1cccc(Cl)c1)C1CSc2ccccc2O1. The van der Waals surface area contributed by atoms with Gasteiger partial charge in [-0.05, 0) is 24.3 Å². The molecule has 1 unspecified atom stereocenters. The van der Waals surface area contributed by atoms with Crippen molar-refractivity contribution >= 4 is 29.1 Å². The van der Waals surface area contributed by atoms with Crippen molar-refractivity contribution in [3.8, 4) is 5.75 Å². The lowest BCUT2D eigenvalue weighted by atomic mass is 10.1. The quantitative estimate of drug-likeness (QED) is 0.780. The lowest BCUT2D eigenvalue weighted by Gasteiger charge is -2.24. The summed E-state index contributed by atoms with van der Waals surface area (Å²) < 4.78 is 5.77. The van der Waals surface area contributed by atoms with Crippen molar-refractivity contribution < 1.29 is 9.53 Å². The maximum Gasteiger partial charge on any atom is 0.204 e. The van der Waals surface area contributed by atoms with Gasteiger partial charge >= 0.3 is 0 Å². The first-order valence-electron chi connectivity index (χ1n) is 5.92. The summed E-state index contributed by atoms with van der Waals surface area (Å²) in [7, 11) is 0. The molecule has 1 aliphatic rings. The first-order valence-corrected chi connectivity index (χ1v) is 7.28. The van der Waals surface area contributed by atoms with Crippen molar-refractivity contribution in [2.45, 2.75) is 11.0 Å². The van der Waals surface area contributed by atoms with E-state index in [0.29, 0.717) is 16.3 Å². The number of hydrogen-bond acceptors (Lipinski definition) is 3. The Morgan fingerprint density at radius 3 is 2.89 bits per heavy atom. The van der Waals surface area contributed by atoms with Crippen LogP contribution >= 0.6 is 23.4 Å². The van der Waals surface area contributed by atoms with Crippen LogP contribution in [0.3, 0.4) is 0 Å².